The highest BCUT2D eigenvalue weighted by molar-refractivity contribution is 5.95. The highest BCUT2D eigenvalue weighted by Crippen LogP contribution is 2.28. The molecule has 0 aromatic heterocycles. The Morgan fingerprint density at radius 1 is 1.00 bits per heavy atom. The number of amides is 1. The van der Waals surface area contributed by atoms with Crippen LogP contribution in [0.3, 0.4) is 0 Å². The molecular weight excluding hydrogens is 320 g/mol. The van der Waals surface area contributed by atoms with Crippen LogP contribution in [0.2, 0.25) is 0 Å². The van der Waals surface area contributed by atoms with Gasteiger partial charge in [-0.25, -0.2) is 0 Å². The number of benzene rings is 2. The summed E-state index contributed by atoms with van der Waals surface area (Å²) in [5.41, 5.74) is 1.41. The molecule has 2 aromatic carbocycles. The van der Waals surface area contributed by atoms with Crippen LogP contribution in [0.4, 0.5) is 11.4 Å². The van der Waals surface area contributed by atoms with Gasteiger partial charge in [-0.05, 0) is 42.8 Å². The van der Waals surface area contributed by atoms with Crippen LogP contribution in [0, 0.1) is 0 Å². The van der Waals surface area contributed by atoms with Crippen LogP contribution in [-0.4, -0.2) is 33.3 Å². The van der Waals surface area contributed by atoms with E-state index >= 15 is 0 Å². The maximum Gasteiger partial charge on any atom is 0.243 e. The predicted molar refractivity (Wildman–Crippen MR) is 98.9 cm³/mol. The molecule has 6 nitrogen and oxygen atoms in total. The van der Waals surface area contributed by atoms with Crippen molar-refractivity contribution in [3.05, 3.63) is 42.5 Å². The van der Waals surface area contributed by atoms with Crippen LogP contribution < -0.4 is 24.8 Å². The van der Waals surface area contributed by atoms with Crippen molar-refractivity contribution in [2.24, 2.45) is 0 Å². The summed E-state index contributed by atoms with van der Waals surface area (Å²) in [6, 6.07) is 12.7. The van der Waals surface area contributed by atoms with Crippen molar-refractivity contribution in [3.63, 3.8) is 0 Å². The fourth-order valence-corrected chi connectivity index (χ4v) is 2.18. The molecule has 0 saturated carbocycles. The monoisotopic (exact) mass is 344 g/mol. The van der Waals surface area contributed by atoms with E-state index in [0.29, 0.717) is 23.8 Å². The van der Waals surface area contributed by atoms with E-state index in [9.17, 15) is 4.79 Å². The predicted octanol–water partition coefficient (Wildman–Crippen LogP) is 3.54. The van der Waals surface area contributed by atoms with Crippen molar-refractivity contribution in [3.8, 4) is 17.2 Å². The average Bonchev–Trinajstić information content (AvgIpc) is 2.65. The highest BCUT2D eigenvalue weighted by atomic mass is 16.5. The van der Waals surface area contributed by atoms with Crippen molar-refractivity contribution < 1.29 is 19.0 Å². The first kappa shape index (κ1) is 18.4. The fourth-order valence-electron chi connectivity index (χ4n) is 2.18. The van der Waals surface area contributed by atoms with Gasteiger partial charge in [-0.2, -0.15) is 0 Å². The first-order valence-corrected chi connectivity index (χ1v) is 8.15. The van der Waals surface area contributed by atoms with Crippen LogP contribution in [0.5, 0.6) is 17.2 Å². The molecule has 2 rings (SSSR count). The molecule has 6 heteroatoms. The van der Waals surface area contributed by atoms with Gasteiger partial charge in [-0.3, -0.25) is 4.79 Å². The molecule has 0 fully saturated rings. The molecule has 0 spiro atoms. The Balaban J connectivity index is 1.90. The molecule has 0 unspecified atom stereocenters. The highest BCUT2D eigenvalue weighted by Gasteiger charge is 2.09. The third-order valence-electron chi connectivity index (χ3n) is 3.46. The van der Waals surface area contributed by atoms with E-state index in [-0.39, 0.29) is 12.5 Å². The molecule has 0 aliphatic carbocycles. The Morgan fingerprint density at radius 3 is 2.36 bits per heavy atom. The van der Waals surface area contributed by atoms with E-state index in [0.717, 1.165) is 17.9 Å². The second-order valence-electron chi connectivity index (χ2n) is 5.34. The topological polar surface area (TPSA) is 68.8 Å². The van der Waals surface area contributed by atoms with Crippen LogP contribution in [-0.2, 0) is 4.79 Å². The maximum absolute atomic E-state index is 12.2. The molecule has 0 bridgehead atoms. The lowest BCUT2D eigenvalue weighted by Gasteiger charge is -2.12. The van der Waals surface area contributed by atoms with Crippen molar-refractivity contribution in [2.75, 3.05) is 38.0 Å². The van der Waals surface area contributed by atoms with Gasteiger partial charge in [0, 0.05) is 11.8 Å². The van der Waals surface area contributed by atoms with E-state index in [1.165, 1.54) is 0 Å². The average molecular weight is 344 g/mol. The summed E-state index contributed by atoms with van der Waals surface area (Å²) in [6.07, 6.45) is 0.966. The second-order valence-corrected chi connectivity index (χ2v) is 5.34. The lowest BCUT2D eigenvalue weighted by Crippen LogP contribution is -2.22. The Hall–Kier alpha value is -2.89. The van der Waals surface area contributed by atoms with Crippen LogP contribution >= 0.6 is 0 Å². The smallest absolute Gasteiger partial charge is 0.243 e. The fraction of sp³-hybridized carbons (Fsp3) is 0.316. The third-order valence-corrected chi connectivity index (χ3v) is 3.46. The SMILES string of the molecule is CCCOc1ccc(NCC(=O)Nc2cc(OC)ccc2OC)cc1. The lowest BCUT2D eigenvalue weighted by molar-refractivity contribution is -0.114. The van der Waals surface area contributed by atoms with Crippen LogP contribution in [0.1, 0.15) is 13.3 Å². The van der Waals surface area contributed by atoms with E-state index in [2.05, 4.69) is 17.6 Å². The van der Waals surface area contributed by atoms with Gasteiger partial charge in [0.25, 0.3) is 0 Å². The largest absolute Gasteiger partial charge is 0.497 e. The summed E-state index contributed by atoms with van der Waals surface area (Å²) >= 11 is 0. The zero-order valence-corrected chi connectivity index (χ0v) is 14.8. The van der Waals surface area contributed by atoms with Gasteiger partial charge in [-0.15, -0.1) is 0 Å². The molecule has 25 heavy (non-hydrogen) atoms. The van der Waals surface area contributed by atoms with Gasteiger partial charge < -0.3 is 24.8 Å². The summed E-state index contributed by atoms with van der Waals surface area (Å²) in [5, 5.41) is 5.89. The van der Waals surface area contributed by atoms with E-state index in [1.54, 1.807) is 32.4 Å². The maximum atomic E-state index is 12.2. The van der Waals surface area contributed by atoms with E-state index in [1.807, 2.05) is 24.3 Å². The summed E-state index contributed by atoms with van der Waals surface area (Å²) in [7, 11) is 3.13. The first-order chi connectivity index (χ1) is 12.2. The summed E-state index contributed by atoms with van der Waals surface area (Å²) in [5.74, 6) is 1.86. The van der Waals surface area contributed by atoms with Gasteiger partial charge in [0.15, 0.2) is 0 Å². The summed E-state index contributed by atoms with van der Waals surface area (Å²) in [6.45, 7) is 2.89. The minimum atomic E-state index is -0.183. The van der Waals surface area contributed by atoms with Crippen LogP contribution in [0.25, 0.3) is 0 Å². The van der Waals surface area contributed by atoms with Crippen LogP contribution in [0.15, 0.2) is 42.5 Å². The molecule has 134 valence electrons. The molecule has 0 saturated heterocycles. The third kappa shape index (κ3) is 5.60. The Labute approximate surface area is 148 Å². The Kier molecular flexibility index (Phi) is 6.95. The van der Waals surface area contributed by atoms with E-state index < -0.39 is 0 Å². The summed E-state index contributed by atoms with van der Waals surface area (Å²) in [4.78, 5) is 12.2. The molecule has 0 atom stereocenters. The molecule has 1 amide bonds. The molecule has 2 N–H and O–H groups in total. The van der Waals surface area contributed by atoms with E-state index in [4.69, 9.17) is 14.2 Å². The number of carbonyl (C=O) groups excluding carboxylic acids is 1. The van der Waals surface area contributed by atoms with Crippen molar-refractivity contribution in [1.29, 1.82) is 0 Å². The number of anilines is 2. The molecule has 0 aliphatic rings. The number of carbonyl (C=O) groups is 1. The normalized spacial score (nSPS) is 10.0. The van der Waals surface area contributed by atoms with Crippen molar-refractivity contribution in [1.82, 2.24) is 0 Å². The van der Waals surface area contributed by atoms with Crippen molar-refractivity contribution >= 4 is 17.3 Å². The standard InChI is InChI=1S/C19H24N2O4/c1-4-11-25-15-7-5-14(6-8-15)20-13-19(22)21-17-12-16(23-2)9-10-18(17)24-3/h5-10,12,20H,4,11,13H2,1-3H3,(H,21,22). The van der Waals surface area contributed by atoms with Gasteiger partial charge in [0.2, 0.25) is 5.91 Å². The van der Waals surface area contributed by atoms with Crippen molar-refractivity contribution in [2.45, 2.75) is 13.3 Å². The molecule has 2 aromatic rings. The number of rotatable bonds is 9. The number of hydrogen-bond donors (Lipinski definition) is 2. The quantitative estimate of drug-likeness (QED) is 0.728. The number of methoxy groups -OCH3 is 2. The lowest BCUT2D eigenvalue weighted by atomic mass is 10.2. The molecule has 0 heterocycles. The minimum Gasteiger partial charge on any atom is -0.497 e. The minimum absolute atomic E-state index is 0.134. The molecular formula is C19H24N2O4. The second kappa shape index (κ2) is 9.42. The van der Waals surface area contributed by atoms with Gasteiger partial charge >= 0.3 is 0 Å². The Morgan fingerprint density at radius 2 is 1.72 bits per heavy atom. The summed E-state index contributed by atoms with van der Waals surface area (Å²) < 4.78 is 15.9. The molecule has 0 radical (unpaired) electrons. The number of nitrogens with one attached hydrogen (secondary N) is 2. The molecule has 0 aliphatic heterocycles. The Bertz CT molecular complexity index is 686. The number of hydrogen-bond acceptors (Lipinski definition) is 5. The number of ether oxygens (including phenoxy) is 3. The van der Waals surface area contributed by atoms with Gasteiger partial charge in [0.05, 0.1) is 33.1 Å². The zero-order valence-electron chi connectivity index (χ0n) is 14.8. The van der Waals surface area contributed by atoms with Gasteiger partial charge in [0.1, 0.15) is 17.2 Å². The van der Waals surface area contributed by atoms with Gasteiger partial charge in [-0.1, -0.05) is 6.92 Å². The zero-order chi connectivity index (χ0) is 18.1. The first-order valence-electron chi connectivity index (χ1n) is 8.15.